The predicted octanol–water partition coefficient (Wildman–Crippen LogP) is -0.329. The molecule has 1 atom stereocenters. The van der Waals surface area contributed by atoms with Crippen LogP contribution in [0.25, 0.3) is 0 Å². The van der Waals surface area contributed by atoms with E-state index in [9.17, 15) is 16.8 Å². The van der Waals surface area contributed by atoms with Crippen LogP contribution in [-0.4, -0.2) is 37.9 Å². The summed E-state index contributed by atoms with van der Waals surface area (Å²) in [5, 5.41) is 6.63. The highest BCUT2D eigenvalue weighted by Crippen LogP contribution is 2.33. The molecule has 0 aromatic carbocycles. The second-order valence-electron chi connectivity index (χ2n) is 3.47. The number of rotatable bonds is 3. The molecule has 0 radical (unpaired) electrons. The first-order valence-corrected chi connectivity index (χ1v) is 7.36. The van der Waals surface area contributed by atoms with Crippen molar-refractivity contribution >= 4 is 20.2 Å². The van der Waals surface area contributed by atoms with Gasteiger partial charge in [-0.05, 0) is 6.08 Å². The van der Waals surface area contributed by atoms with Crippen LogP contribution < -0.4 is 5.73 Å². The van der Waals surface area contributed by atoms with Gasteiger partial charge < -0.3 is 5.73 Å². The third kappa shape index (κ3) is 2.58. The summed E-state index contributed by atoms with van der Waals surface area (Å²) in [6, 6.07) is 0. The highest BCUT2D eigenvalue weighted by Gasteiger charge is 2.44. The van der Waals surface area contributed by atoms with Gasteiger partial charge >= 0.3 is 0 Å². The maximum Gasteiger partial charge on any atom is 0.297 e. The maximum absolute atomic E-state index is 11.3. The van der Waals surface area contributed by atoms with Gasteiger partial charge in [0.05, 0.1) is 5.70 Å². The van der Waals surface area contributed by atoms with E-state index in [1.54, 1.807) is 0 Å². The van der Waals surface area contributed by atoms with E-state index in [1.807, 2.05) is 0 Å². The molecule has 4 N–H and O–H groups in total. The van der Waals surface area contributed by atoms with Crippen LogP contribution in [0.4, 0.5) is 0 Å². The van der Waals surface area contributed by atoms with E-state index in [4.69, 9.17) is 14.8 Å². The largest absolute Gasteiger partial charge is 0.398 e. The quantitative estimate of drug-likeness (QED) is 0.474. The lowest BCUT2D eigenvalue weighted by Gasteiger charge is -2.24. The molecule has 11 heteroatoms. The van der Waals surface area contributed by atoms with Crippen LogP contribution in [0.15, 0.2) is 33.0 Å². The average Bonchev–Trinajstić information content (AvgIpc) is 2.14. The number of azo groups is 1. The number of hydrogen-bond acceptors (Lipinski definition) is 7. The molecule has 1 aliphatic carbocycles. The second kappa shape index (κ2) is 4.42. The molecule has 9 nitrogen and oxygen atoms in total. The molecule has 0 aromatic heterocycles. The van der Waals surface area contributed by atoms with Crippen molar-refractivity contribution in [1.82, 2.24) is 0 Å². The normalized spacial score (nSPS) is 25.9. The van der Waals surface area contributed by atoms with Gasteiger partial charge in [0, 0.05) is 13.5 Å². The molecule has 102 valence electrons. The van der Waals surface area contributed by atoms with E-state index in [0.717, 1.165) is 12.2 Å². The van der Waals surface area contributed by atoms with Crippen molar-refractivity contribution in [2.45, 2.75) is 11.3 Å². The first-order chi connectivity index (χ1) is 8.03. The highest BCUT2D eigenvalue weighted by atomic mass is 32.2. The summed E-state index contributed by atoms with van der Waals surface area (Å²) in [4.78, 5) is -2.80. The van der Waals surface area contributed by atoms with Gasteiger partial charge in [0.1, 0.15) is 4.91 Å². The monoisotopic (exact) mass is 297 g/mol. The van der Waals surface area contributed by atoms with Crippen LogP contribution in [0.5, 0.6) is 0 Å². The fraction of sp³-hybridized carbons (Fsp3) is 0.429. The van der Waals surface area contributed by atoms with Crippen molar-refractivity contribution in [3.8, 4) is 0 Å². The fourth-order valence-electron chi connectivity index (χ4n) is 1.45. The first-order valence-electron chi connectivity index (χ1n) is 4.48. The summed E-state index contributed by atoms with van der Waals surface area (Å²) in [5.41, 5.74) is 4.81. The maximum atomic E-state index is 11.3. The van der Waals surface area contributed by atoms with E-state index in [2.05, 4.69) is 10.2 Å². The molecule has 0 bridgehead atoms. The summed E-state index contributed by atoms with van der Waals surface area (Å²) in [7, 11) is -8.08. The molecule has 0 amide bonds. The molecule has 0 spiro atoms. The molecule has 1 aliphatic rings. The Morgan fingerprint density at radius 1 is 1.33 bits per heavy atom. The molecule has 1 unspecified atom stereocenters. The van der Waals surface area contributed by atoms with E-state index in [0.29, 0.717) is 0 Å². The summed E-state index contributed by atoms with van der Waals surface area (Å²) < 4.78 is 62.3. The van der Waals surface area contributed by atoms with Crippen molar-refractivity contribution in [1.29, 1.82) is 0 Å². The first kappa shape index (κ1) is 14.8. The zero-order valence-electron chi connectivity index (χ0n) is 9.18. The lowest BCUT2D eigenvalue weighted by Crippen LogP contribution is -2.37. The van der Waals surface area contributed by atoms with Gasteiger partial charge in [-0.2, -0.15) is 27.1 Å². The van der Waals surface area contributed by atoms with E-state index in [-0.39, 0.29) is 0 Å². The Hall–Kier alpha value is -1.30. The van der Waals surface area contributed by atoms with Gasteiger partial charge in [0.15, 0.2) is 0 Å². The number of hydrogen-bond donors (Lipinski definition) is 3. The third-order valence-corrected chi connectivity index (χ3v) is 4.46. The van der Waals surface area contributed by atoms with Gasteiger partial charge in [0.25, 0.3) is 20.2 Å². The topological polar surface area (TPSA) is 159 Å². The van der Waals surface area contributed by atoms with Gasteiger partial charge in [-0.15, -0.1) is 0 Å². The fourth-order valence-corrected chi connectivity index (χ4v) is 2.86. The number of nitrogens with two attached hydrogens (primary N) is 1. The number of nitrogens with zero attached hydrogens (tertiary/aromatic N) is 2. The summed E-state index contributed by atoms with van der Waals surface area (Å²) >= 11 is 0. The van der Waals surface area contributed by atoms with Crippen molar-refractivity contribution in [3.05, 3.63) is 22.8 Å². The second-order valence-corrected chi connectivity index (χ2v) is 6.51. The Labute approximate surface area is 104 Å². The molecular formula is C7H11N3O6S2. The van der Waals surface area contributed by atoms with Crippen molar-refractivity contribution in [3.63, 3.8) is 0 Å². The smallest absolute Gasteiger partial charge is 0.297 e. The predicted molar refractivity (Wildman–Crippen MR) is 61.6 cm³/mol. The molecule has 0 heterocycles. The minimum absolute atomic E-state index is 0.515. The van der Waals surface area contributed by atoms with Gasteiger partial charge in [-0.3, -0.25) is 9.11 Å². The molecule has 18 heavy (non-hydrogen) atoms. The Balaban J connectivity index is 3.42. The minimum Gasteiger partial charge on any atom is -0.398 e. The SMILES string of the molecule is CN=NC1(S(=O)(=O)O)C=C(N)C(S(=O)(=O)O)=CC1. The lowest BCUT2D eigenvalue weighted by molar-refractivity contribution is 0.441. The summed E-state index contributed by atoms with van der Waals surface area (Å²) in [6.45, 7) is 0. The molecule has 1 rings (SSSR count). The van der Waals surface area contributed by atoms with Crippen LogP contribution in [0.1, 0.15) is 6.42 Å². The molecular weight excluding hydrogens is 286 g/mol. The van der Waals surface area contributed by atoms with E-state index in [1.165, 1.54) is 7.05 Å². The summed E-state index contributed by atoms with van der Waals surface area (Å²) in [5.74, 6) is 0. The van der Waals surface area contributed by atoms with Gasteiger partial charge in [0.2, 0.25) is 4.87 Å². The molecule has 0 fully saturated rings. The molecule has 0 saturated carbocycles. The molecule has 0 saturated heterocycles. The van der Waals surface area contributed by atoms with E-state index < -0.39 is 42.1 Å². The van der Waals surface area contributed by atoms with Crippen LogP contribution in [0.3, 0.4) is 0 Å². The van der Waals surface area contributed by atoms with Crippen LogP contribution >= 0.6 is 0 Å². The molecule has 0 aliphatic heterocycles. The Kier molecular flexibility index (Phi) is 3.63. The average molecular weight is 297 g/mol. The van der Waals surface area contributed by atoms with E-state index >= 15 is 0 Å². The molecule has 0 aromatic rings. The Bertz CT molecular complexity index is 645. The highest BCUT2D eigenvalue weighted by molar-refractivity contribution is 7.90. The van der Waals surface area contributed by atoms with Crippen LogP contribution in [-0.2, 0) is 20.2 Å². The van der Waals surface area contributed by atoms with Crippen LogP contribution in [0.2, 0.25) is 0 Å². The van der Waals surface area contributed by atoms with Gasteiger partial charge in [-0.25, -0.2) is 0 Å². The third-order valence-electron chi connectivity index (χ3n) is 2.24. The van der Waals surface area contributed by atoms with Crippen molar-refractivity contribution in [2.24, 2.45) is 16.0 Å². The Morgan fingerprint density at radius 3 is 2.22 bits per heavy atom. The van der Waals surface area contributed by atoms with Crippen molar-refractivity contribution < 1.29 is 25.9 Å². The zero-order chi connectivity index (χ0) is 14.2. The standard InChI is InChI=1S/C7H11N3O6S2/c1-9-10-7(18(14,15)16)3-2-6(5(8)4-7)17(11,12)13/h2,4H,3,8H2,1H3,(H,11,12,13)(H,14,15,16). The van der Waals surface area contributed by atoms with Crippen LogP contribution in [0, 0.1) is 0 Å². The van der Waals surface area contributed by atoms with Gasteiger partial charge in [-0.1, -0.05) is 6.08 Å². The zero-order valence-corrected chi connectivity index (χ0v) is 10.8. The van der Waals surface area contributed by atoms with Crippen molar-refractivity contribution in [2.75, 3.05) is 7.05 Å². The Morgan fingerprint density at radius 2 is 1.89 bits per heavy atom. The minimum atomic E-state index is -4.69. The summed E-state index contributed by atoms with van der Waals surface area (Å²) in [6.07, 6.45) is 1.06. The lowest BCUT2D eigenvalue weighted by atomic mass is 10.1.